The first-order valence-corrected chi connectivity index (χ1v) is 6.61. The molecule has 1 aliphatic carbocycles. The summed E-state index contributed by atoms with van der Waals surface area (Å²) in [6.07, 6.45) is 3.83. The number of aromatic nitrogens is 1. The zero-order valence-corrected chi connectivity index (χ0v) is 11.0. The molecule has 16 heavy (non-hydrogen) atoms. The number of nitrogens with one attached hydrogen (secondary N) is 1. The van der Waals surface area contributed by atoms with Crippen molar-refractivity contribution >= 4 is 33.4 Å². The molecule has 0 aliphatic heterocycles. The fraction of sp³-hybridized carbons (Fsp3) is 0.455. The fourth-order valence-corrected chi connectivity index (χ4v) is 2.27. The van der Waals surface area contributed by atoms with Gasteiger partial charge in [-0.2, -0.15) is 0 Å². The van der Waals surface area contributed by atoms with Gasteiger partial charge in [-0.05, 0) is 30.4 Å². The van der Waals surface area contributed by atoms with Gasteiger partial charge < -0.3 is 5.32 Å². The first-order valence-electron chi connectivity index (χ1n) is 5.11. The smallest absolute Gasteiger partial charge is 0.269 e. The third kappa shape index (κ3) is 2.74. The number of amides is 1. The largest absolute Gasteiger partial charge is 0.350 e. The Labute approximate surface area is 108 Å². The highest BCUT2D eigenvalue weighted by Crippen LogP contribution is 2.46. The maximum atomic E-state index is 11.7. The van der Waals surface area contributed by atoms with Crippen LogP contribution in [0.4, 0.5) is 0 Å². The number of rotatable bonds is 4. The van der Waals surface area contributed by atoms with E-state index in [4.69, 9.17) is 11.6 Å². The van der Waals surface area contributed by atoms with E-state index in [1.165, 1.54) is 19.0 Å². The Balaban J connectivity index is 1.91. The van der Waals surface area contributed by atoms with Crippen LogP contribution in [0, 0.1) is 5.41 Å². The molecule has 86 valence electrons. The number of hydrogen-bond acceptors (Lipinski definition) is 2. The van der Waals surface area contributed by atoms with Gasteiger partial charge in [-0.3, -0.25) is 4.79 Å². The summed E-state index contributed by atoms with van der Waals surface area (Å²) >= 11 is 9.16. The summed E-state index contributed by atoms with van der Waals surface area (Å²) in [4.78, 5) is 15.7. The first kappa shape index (κ1) is 11.9. The molecule has 0 atom stereocenters. The van der Waals surface area contributed by atoms with Crippen molar-refractivity contribution in [3.8, 4) is 0 Å². The minimum absolute atomic E-state index is 0.135. The number of alkyl halides is 1. The fourth-order valence-electron chi connectivity index (χ4n) is 1.40. The van der Waals surface area contributed by atoms with Gasteiger partial charge in [0.2, 0.25) is 0 Å². The van der Waals surface area contributed by atoms with Gasteiger partial charge in [-0.1, -0.05) is 27.5 Å². The summed E-state index contributed by atoms with van der Waals surface area (Å²) in [7, 11) is 0. The molecule has 0 saturated heterocycles. The van der Waals surface area contributed by atoms with Crippen molar-refractivity contribution in [1.29, 1.82) is 0 Å². The minimum Gasteiger partial charge on any atom is -0.350 e. The number of carbonyl (C=O) groups is 1. The molecule has 0 unspecified atom stereocenters. The SMILES string of the molecule is O=C(NCC1(CBr)CC1)c1ccc(Cl)cn1. The van der Waals surface area contributed by atoms with Crippen LogP contribution in [0.15, 0.2) is 18.3 Å². The van der Waals surface area contributed by atoms with Crippen molar-refractivity contribution in [2.24, 2.45) is 5.41 Å². The third-order valence-corrected chi connectivity index (χ3v) is 4.24. The Kier molecular flexibility index (Phi) is 3.50. The average molecular weight is 304 g/mol. The molecular formula is C11H12BrClN2O. The topological polar surface area (TPSA) is 42.0 Å². The maximum Gasteiger partial charge on any atom is 0.269 e. The Morgan fingerprint density at radius 1 is 1.56 bits per heavy atom. The minimum atomic E-state index is -0.135. The van der Waals surface area contributed by atoms with E-state index in [1.807, 2.05) is 0 Å². The summed E-state index contributed by atoms with van der Waals surface area (Å²) in [5, 5.41) is 4.37. The summed E-state index contributed by atoms with van der Waals surface area (Å²) in [5.41, 5.74) is 0.692. The second kappa shape index (κ2) is 4.72. The predicted molar refractivity (Wildman–Crippen MR) is 67.0 cm³/mol. The quantitative estimate of drug-likeness (QED) is 0.869. The summed E-state index contributed by atoms with van der Waals surface area (Å²) in [6, 6.07) is 3.30. The molecule has 0 bridgehead atoms. The van der Waals surface area contributed by atoms with E-state index in [2.05, 4.69) is 26.2 Å². The van der Waals surface area contributed by atoms with Crippen LogP contribution in [0.1, 0.15) is 23.3 Å². The number of nitrogens with zero attached hydrogens (tertiary/aromatic N) is 1. The Bertz CT molecular complexity index is 389. The van der Waals surface area contributed by atoms with Crippen LogP contribution in [0.25, 0.3) is 0 Å². The van der Waals surface area contributed by atoms with Crippen LogP contribution in [0.3, 0.4) is 0 Å². The predicted octanol–water partition coefficient (Wildman–Crippen LogP) is 2.64. The van der Waals surface area contributed by atoms with Gasteiger partial charge in [0.05, 0.1) is 5.02 Å². The van der Waals surface area contributed by atoms with Gasteiger partial charge in [0, 0.05) is 18.1 Å². The molecule has 1 aromatic rings. The second-order valence-electron chi connectivity index (χ2n) is 4.18. The number of pyridine rings is 1. The molecule has 1 N–H and O–H groups in total. The Morgan fingerprint density at radius 3 is 2.81 bits per heavy atom. The Hall–Kier alpha value is -0.610. The molecule has 1 heterocycles. The summed E-state index contributed by atoms with van der Waals surface area (Å²) in [5.74, 6) is -0.135. The lowest BCUT2D eigenvalue weighted by Crippen LogP contribution is -2.31. The molecule has 2 rings (SSSR count). The van der Waals surface area contributed by atoms with Crippen LogP contribution >= 0.6 is 27.5 Å². The lowest BCUT2D eigenvalue weighted by Gasteiger charge is -2.12. The molecule has 1 fully saturated rings. The lowest BCUT2D eigenvalue weighted by atomic mass is 10.1. The van der Waals surface area contributed by atoms with Crippen LogP contribution in [-0.2, 0) is 0 Å². The second-order valence-corrected chi connectivity index (χ2v) is 5.18. The van der Waals surface area contributed by atoms with Crippen molar-refractivity contribution in [3.63, 3.8) is 0 Å². The van der Waals surface area contributed by atoms with Crippen LogP contribution in [0.5, 0.6) is 0 Å². The van der Waals surface area contributed by atoms with E-state index in [1.54, 1.807) is 12.1 Å². The van der Waals surface area contributed by atoms with E-state index in [9.17, 15) is 4.79 Å². The first-order chi connectivity index (χ1) is 7.65. The third-order valence-electron chi connectivity index (χ3n) is 2.82. The molecule has 3 nitrogen and oxygen atoms in total. The van der Waals surface area contributed by atoms with Crippen LogP contribution in [0.2, 0.25) is 5.02 Å². The van der Waals surface area contributed by atoms with Crippen molar-refractivity contribution in [3.05, 3.63) is 29.0 Å². The standard InChI is InChI=1S/C11H12BrClN2O/c12-6-11(3-4-11)7-15-10(16)9-2-1-8(13)5-14-9/h1-2,5H,3-4,6-7H2,(H,15,16). The van der Waals surface area contributed by atoms with Crippen molar-refractivity contribution < 1.29 is 4.79 Å². The van der Waals surface area contributed by atoms with Crippen molar-refractivity contribution in [2.75, 3.05) is 11.9 Å². The highest BCUT2D eigenvalue weighted by Gasteiger charge is 2.41. The number of carbonyl (C=O) groups excluding carboxylic acids is 1. The number of halogens is 2. The van der Waals surface area contributed by atoms with Gasteiger partial charge >= 0.3 is 0 Å². The average Bonchev–Trinajstić information content (AvgIpc) is 3.08. The van der Waals surface area contributed by atoms with E-state index in [-0.39, 0.29) is 11.3 Å². The molecule has 0 spiro atoms. The molecule has 1 aliphatic rings. The number of hydrogen-bond donors (Lipinski definition) is 1. The Morgan fingerprint density at radius 2 is 2.31 bits per heavy atom. The van der Waals surface area contributed by atoms with E-state index >= 15 is 0 Å². The molecule has 0 aromatic carbocycles. The monoisotopic (exact) mass is 302 g/mol. The van der Waals surface area contributed by atoms with Gasteiger partial charge in [-0.15, -0.1) is 0 Å². The van der Waals surface area contributed by atoms with E-state index in [0.29, 0.717) is 17.3 Å². The van der Waals surface area contributed by atoms with Crippen LogP contribution in [-0.4, -0.2) is 22.8 Å². The van der Waals surface area contributed by atoms with Crippen molar-refractivity contribution in [2.45, 2.75) is 12.8 Å². The maximum absolute atomic E-state index is 11.7. The van der Waals surface area contributed by atoms with Gasteiger partial charge in [0.15, 0.2) is 0 Å². The highest BCUT2D eigenvalue weighted by molar-refractivity contribution is 9.09. The zero-order chi connectivity index (χ0) is 11.6. The normalized spacial score (nSPS) is 16.9. The molecule has 1 saturated carbocycles. The lowest BCUT2D eigenvalue weighted by molar-refractivity contribution is 0.0941. The van der Waals surface area contributed by atoms with Gasteiger partial charge in [0.1, 0.15) is 5.69 Å². The van der Waals surface area contributed by atoms with E-state index in [0.717, 1.165) is 5.33 Å². The molecule has 5 heteroatoms. The van der Waals surface area contributed by atoms with Crippen molar-refractivity contribution in [1.82, 2.24) is 10.3 Å². The summed E-state index contributed by atoms with van der Waals surface area (Å²) < 4.78 is 0. The molecule has 1 amide bonds. The van der Waals surface area contributed by atoms with E-state index < -0.39 is 0 Å². The molecular weight excluding hydrogens is 291 g/mol. The molecule has 0 radical (unpaired) electrons. The highest BCUT2D eigenvalue weighted by atomic mass is 79.9. The van der Waals surface area contributed by atoms with Crippen LogP contribution < -0.4 is 5.32 Å². The van der Waals surface area contributed by atoms with Gasteiger partial charge in [0.25, 0.3) is 5.91 Å². The van der Waals surface area contributed by atoms with Gasteiger partial charge in [-0.25, -0.2) is 4.98 Å². The molecule has 1 aromatic heterocycles. The zero-order valence-electron chi connectivity index (χ0n) is 8.67. The summed E-state index contributed by atoms with van der Waals surface area (Å²) in [6.45, 7) is 0.710.